The summed E-state index contributed by atoms with van der Waals surface area (Å²) < 4.78 is 15.7. The van der Waals surface area contributed by atoms with Gasteiger partial charge in [-0.25, -0.2) is 9.59 Å². The Kier molecular flexibility index (Phi) is 5.91. The van der Waals surface area contributed by atoms with E-state index in [0.29, 0.717) is 28.0 Å². The molecule has 0 radical (unpaired) electrons. The summed E-state index contributed by atoms with van der Waals surface area (Å²) in [6, 6.07) is 10.2. The summed E-state index contributed by atoms with van der Waals surface area (Å²) in [5.41, 5.74) is 2.26. The predicted molar refractivity (Wildman–Crippen MR) is 113 cm³/mol. The lowest BCUT2D eigenvalue weighted by Crippen LogP contribution is -2.31. The number of hydrogen-bond donors (Lipinski definition) is 0. The van der Waals surface area contributed by atoms with Crippen LogP contribution in [0.2, 0.25) is 0 Å². The molecular formula is C23H23NO6. The minimum Gasteiger partial charge on any atom is -0.496 e. The first-order valence-corrected chi connectivity index (χ1v) is 9.33. The molecule has 0 aliphatic carbocycles. The number of amides is 1. The van der Waals surface area contributed by atoms with E-state index in [0.717, 1.165) is 5.56 Å². The molecule has 0 saturated carbocycles. The summed E-state index contributed by atoms with van der Waals surface area (Å²) in [6.07, 6.45) is -0.187. The van der Waals surface area contributed by atoms with Crippen LogP contribution in [0, 0.1) is 13.8 Å². The van der Waals surface area contributed by atoms with Gasteiger partial charge in [0.15, 0.2) is 0 Å². The van der Waals surface area contributed by atoms with Gasteiger partial charge in [-0.15, -0.1) is 0 Å². The number of methoxy groups -OCH3 is 2. The average molecular weight is 409 g/mol. The van der Waals surface area contributed by atoms with Gasteiger partial charge in [0.05, 0.1) is 42.8 Å². The minimum atomic E-state index is -0.573. The number of carbonyl (C=O) groups excluding carboxylic acids is 2. The first kappa shape index (κ1) is 21.1. The average Bonchev–Trinajstić information content (AvgIpc) is 2.74. The highest BCUT2D eigenvalue weighted by Gasteiger charge is 2.23. The quantitative estimate of drug-likeness (QED) is 0.474. The summed E-state index contributed by atoms with van der Waals surface area (Å²) in [5, 5.41) is 0.656. The van der Waals surface area contributed by atoms with Crippen molar-refractivity contribution >= 4 is 28.5 Å². The fourth-order valence-corrected chi connectivity index (χ4v) is 3.46. The molecule has 2 aromatic carbocycles. The van der Waals surface area contributed by atoms with Crippen LogP contribution in [0.1, 0.15) is 27.0 Å². The molecule has 0 aliphatic rings. The molecule has 1 heterocycles. The number of rotatable bonds is 5. The zero-order valence-electron chi connectivity index (χ0n) is 17.6. The van der Waals surface area contributed by atoms with Crippen molar-refractivity contribution < 1.29 is 23.5 Å². The largest absolute Gasteiger partial charge is 0.496 e. The zero-order chi connectivity index (χ0) is 22.0. The number of para-hydroxylation sites is 1. The molecule has 30 heavy (non-hydrogen) atoms. The topological polar surface area (TPSA) is 86.1 Å². The van der Waals surface area contributed by atoms with E-state index in [1.165, 1.54) is 12.0 Å². The Morgan fingerprint density at radius 1 is 1.10 bits per heavy atom. The molecule has 0 spiro atoms. The Morgan fingerprint density at radius 3 is 2.47 bits per heavy atom. The highest BCUT2D eigenvalue weighted by Crippen LogP contribution is 2.31. The number of likely N-dealkylation sites (N-methyl/N-ethyl adjacent to an activating group) is 1. The molecule has 0 aliphatic heterocycles. The van der Waals surface area contributed by atoms with Gasteiger partial charge in [-0.1, -0.05) is 12.1 Å². The summed E-state index contributed by atoms with van der Waals surface area (Å²) in [5.74, 6) is -0.344. The molecule has 156 valence electrons. The fourth-order valence-electron chi connectivity index (χ4n) is 3.46. The molecule has 0 bridgehead atoms. The Labute approximate surface area is 173 Å². The second kappa shape index (κ2) is 8.41. The van der Waals surface area contributed by atoms with Crippen LogP contribution >= 0.6 is 0 Å². The molecule has 3 aromatic rings. The number of aryl methyl sites for hydroxylation is 2. The van der Waals surface area contributed by atoms with Crippen molar-refractivity contribution in [2.45, 2.75) is 20.3 Å². The van der Waals surface area contributed by atoms with Gasteiger partial charge in [-0.2, -0.15) is 0 Å². The SMILES string of the molecule is COC(=O)c1ccccc1N(C)C(=O)Cc1c(C)c2c(OC)cc(C)cc2oc1=O. The third kappa shape index (κ3) is 3.78. The number of fused-ring (bicyclic) bond motifs is 1. The van der Waals surface area contributed by atoms with Crippen LogP contribution in [0.4, 0.5) is 5.69 Å². The number of benzene rings is 2. The molecule has 7 nitrogen and oxygen atoms in total. The van der Waals surface area contributed by atoms with E-state index in [9.17, 15) is 14.4 Å². The van der Waals surface area contributed by atoms with Crippen molar-refractivity contribution in [3.05, 3.63) is 69.1 Å². The van der Waals surface area contributed by atoms with E-state index in [1.807, 2.05) is 13.0 Å². The van der Waals surface area contributed by atoms with Gasteiger partial charge in [-0.3, -0.25) is 4.79 Å². The van der Waals surface area contributed by atoms with Gasteiger partial charge >= 0.3 is 11.6 Å². The predicted octanol–water partition coefficient (Wildman–Crippen LogP) is 3.41. The van der Waals surface area contributed by atoms with Gasteiger partial charge in [0, 0.05) is 7.05 Å². The first-order chi connectivity index (χ1) is 14.3. The van der Waals surface area contributed by atoms with Crippen molar-refractivity contribution in [1.29, 1.82) is 0 Å². The number of hydrogen-bond acceptors (Lipinski definition) is 6. The standard InChI is InChI=1S/C23H23NO6/c1-13-10-18(28-4)21-14(2)16(23(27)30-19(21)11-13)12-20(25)24(3)17-9-7-6-8-15(17)22(26)29-5/h6-11H,12H2,1-5H3. The lowest BCUT2D eigenvalue weighted by atomic mass is 10.0. The van der Waals surface area contributed by atoms with Gasteiger partial charge < -0.3 is 18.8 Å². The number of nitrogens with zero attached hydrogens (tertiary/aromatic N) is 1. The van der Waals surface area contributed by atoms with E-state index < -0.39 is 11.6 Å². The Balaban J connectivity index is 2.03. The molecular weight excluding hydrogens is 386 g/mol. The molecule has 7 heteroatoms. The maximum Gasteiger partial charge on any atom is 0.340 e. The minimum absolute atomic E-state index is 0.187. The van der Waals surface area contributed by atoms with Crippen LogP contribution < -0.4 is 15.3 Å². The van der Waals surface area contributed by atoms with Crippen LogP contribution in [0.5, 0.6) is 5.75 Å². The number of ether oxygens (including phenoxy) is 2. The van der Waals surface area contributed by atoms with Gasteiger partial charge in [0.25, 0.3) is 0 Å². The maximum absolute atomic E-state index is 13.0. The second-order valence-corrected chi connectivity index (χ2v) is 6.97. The second-order valence-electron chi connectivity index (χ2n) is 6.97. The lowest BCUT2D eigenvalue weighted by Gasteiger charge is -2.20. The molecule has 0 atom stereocenters. The zero-order valence-corrected chi connectivity index (χ0v) is 17.6. The normalized spacial score (nSPS) is 10.7. The highest BCUT2D eigenvalue weighted by atomic mass is 16.5. The fraction of sp³-hybridized carbons (Fsp3) is 0.261. The van der Waals surface area contributed by atoms with Gasteiger partial charge in [-0.05, 0) is 49.2 Å². The van der Waals surface area contributed by atoms with Crippen LogP contribution in [-0.4, -0.2) is 33.1 Å². The molecule has 1 aromatic heterocycles. The Morgan fingerprint density at radius 2 is 1.80 bits per heavy atom. The third-order valence-electron chi connectivity index (χ3n) is 5.08. The Bertz CT molecular complexity index is 1190. The van der Waals surface area contributed by atoms with E-state index in [4.69, 9.17) is 13.9 Å². The van der Waals surface area contributed by atoms with Crippen molar-refractivity contribution in [1.82, 2.24) is 0 Å². The summed E-state index contributed by atoms with van der Waals surface area (Å²) in [4.78, 5) is 39.0. The number of esters is 1. The van der Waals surface area contributed by atoms with Crippen molar-refractivity contribution in [3.63, 3.8) is 0 Å². The number of anilines is 1. The van der Waals surface area contributed by atoms with Crippen LogP contribution in [0.15, 0.2) is 45.6 Å². The van der Waals surface area contributed by atoms with Crippen molar-refractivity contribution in [2.24, 2.45) is 0 Å². The summed E-state index contributed by atoms with van der Waals surface area (Å²) >= 11 is 0. The highest BCUT2D eigenvalue weighted by molar-refractivity contribution is 6.03. The van der Waals surface area contributed by atoms with E-state index >= 15 is 0 Å². The van der Waals surface area contributed by atoms with Gasteiger partial charge in [0.2, 0.25) is 5.91 Å². The van der Waals surface area contributed by atoms with E-state index in [1.54, 1.807) is 51.4 Å². The maximum atomic E-state index is 13.0. The van der Waals surface area contributed by atoms with E-state index in [2.05, 4.69) is 0 Å². The van der Waals surface area contributed by atoms with Crippen LogP contribution in [0.25, 0.3) is 11.0 Å². The van der Waals surface area contributed by atoms with Crippen LogP contribution in [-0.2, 0) is 16.0 Å². The molecule has 0 unspecified atom stereocenters. The molecule has 0 N–H and O–H groups in total. The molecule has 1 amide bonds. The lowest BCUT2D eigenvalue weighted by molar-refractivity contribution is -0.117. The smallest absolute Gasteiger partial charge is 0.340 e. The van der Waals surface area contributed by atoms with Crippen molar-refractivity contribution in [2.75, 3.05) is 26.2 Å². The third-order valence-corrected chi connectivity index (χ3v) is 5.08. The first-order valence-electron chi connectivity index (χ1n) is 9.33. The monoisotopic (exact) mass is 409 g/mol. The summed E-state index contributed by atoms with van der Waals surface area (Å²) in [7, 11) is 4.37. The number of carbonyl (C=O) groups is 2. The molecule has 3 rings (SSSR count). The molecule has 0 fully saturated rings. The van der Waals surface area contributed by atoms with Crippen molar-refractivity contribution in [3.8, 4) is 5.75 Å². The summed E-state index contributed by atoms with van der Waals surface area (Å²) in [6.45, 7) is 3.64. The van der Waals surface area contributed by atoms with Crippen LogP contribution in [0.3, 0.4) is 0 Å². The Hall–Kier alpha value is -3.61. The van der Waals surface area contributed by atoms with E-state index in [-0.39, 0.29) is 23.5 Å². The van der Waals surface area contributed by atoms with Gasteiger partial charge in [0.1, 0.15) is 11.3 Å². The molecule has 0 saturated heterocycles.